The van der Waals surface area contributed by atoms with Crippen LogP contribution in [-0.2, 0) is 4.79 Å². The maximum absolute atomic E-state index is 12.0. The van der Waals surface area contributed by atoms with Gasteiger partial charge in [0.25, 0.3) is 0 Å². The SMILES string of the molecule is Cc1cc(C(N)=O)ccc1NC(=O)CCC1CCCNC1. The molecule has 5 heteroatoms. The number of hydrogen-bond donors (Lipinski definition) is 3. The summed E-state index contributed by atoms with van der Waals surface area (Å²) >= 11 is 0. The van der Waals surface area contributed by atoms with Crippen molar-refractivity contribution in [3.05, 3.63) is 29.3 Å². The third kappa shape index (κ3) is 4.56. The number of hydrogen-bond acceptors (Lipinski definition) is 3. The second-order valence-corrected chi connectivity index (χ2v) is 5.69. The van der Waals surface area contributed by atoms with Gasteiger partial charge in [-0.1, -0.05) is 0 Å². The molecule has 5 nitrogen and oxygen atoms in total. The predicted molar refractivity (Wildman–Crippen MR) is 83.2 cm³/mol. The summed E-state index contributed by atoms with van der Waals surface area (Å²) in [7, 11) is 0. The number of carbonyl (C=O) groups is 2. The van der Waals surface area contributed by atoms with Crippen LogP contribution >= 0.6 is 0 Å². The molecule has 1 unspecified atom stereocenters. The summed E-state index contributed by atoms with van der Waals surface area (Å²) in [6.45, 7) is 3.96. The molecule has 1 heterocycles. The Labute approximate surface area is 125 Å². The zero-order chi connectivity index (χ0) is 15.2. The fourth-order valence-corrected chi connectivity index (χ4v) is 2.68. The van der Waals surface area contributed by atoms with Crippen molar-refractivity contribution < 1.29 is 9.59 Å². The molecule has 1 fully saturated rings. The monoisotopic (exact) mass is 289 g/mol. The third-order valence-electron chi connectivity index (χ3n) is 3.96. The largest absolute Gasteiger partial charge is 0.366 e. The second kappa shape index (κ2) is 7.22. The third-order valence-corrected chi connectivity index (χ3v) is 3.96. The van der Waals surface area contributed by atoms with Crippen LogP contribution < -0.4 is 16.4 Å². The maximum atomic E-state index is 12.0. The highest BCUT2D eigenvalue weighted by molar-refractivity contribution is 5.95. The van der Waals surface area contributed by atoms with Gasteiger partial charge in [-0.2, -0.15) is 0 Å². The van der Waals surface area contributed by atoms with Crippen molar-refractivity contribution >= 4 is 17.5 Å². The van der Waals surface area contributed by atoms with E-state index in [1.807, 2.05) is 6.92 Å². The smallest absolute Gasteiger partial charge is 0.248 e. The lowest BCUT2D eigenvalue weighted by Crippen LogP contribution is -2.30. The molecule has 2 rings (SSSR count). The fraction of sp³-hybridized carbons (Fsp3) is 0.500. The van der Waals surface area contributed by atoms with Crippen molar-refractivity contribution in [3.63, 3.8) is 0 Å². The summed E-state index contributed by atoms with van der Waals surface area (Å²) in [5.74, 6) is 0.166. The zero-order valence-corrected chi connectivity index (χ0v) is 12.4. The number of benzene rings is 1. The number of primary amides is 1. The van der Waals surface area contributed by atoms with Crippen LogP contribution in [0.3, 0.4) is 0 Å². The molecule has 114 valence electrons. The number of carbonyl (C=O) groups excluding carboxylic acids is 2. The van der Waals surface area contributed by atoms with E-state index in [-0.39, 0.29) is 5.91 Å². The second-order valence-electron chi connectivity index (χ2n) is 5.69. The lowest BCUT2D eigenvalue weighted by Gasteiger charge is -2.22. The van der Waals surface area contributed by atoms with Crippen LogP contribution in [0.4, 0.5) is 5.69 Å². The van der Waals surface area contributed by atoms with Gasteiger partial charge in [-0.05, 0) is 69.0 Å². The predicted octanol–water partition coefficient (Wildman–Crippen LogP) is 1.81. The molecule has 1 atom stereocenters. The number of aryl methyl sites for hydroxylation is 1. The first-order chi connectivity index (χ1) is 10.1. The van der Waals surface area contributed by atoms with E-state index in [1.165, 1.54) is 12.8 Å². The van der Waals surface area contributed by atoms with Gasteiger partial charge in [0, 0.05) is 17.7 Å². The normalized spacial score (nSPS) is 18.2. The molecule has 0 bridgehead atoms. The number of anilines is 1. The summed E-state index contributed by atoms with van der Waals surface area (Å²) in [4.78, 5) is 23.1. The first-order valence-corrected chi connectivity index (χ1v) is 7.47. The van der Waals surface area contributed by atoms with Gasteiger partial charge in [0.05, 0.1) is 0 Å². The van der Waals surface area contributed by atoms with Crippen LogP contribution in [-0.4, -0.2) is 24.9 Å². The van der Waals surface area contributed by atoms with E-state index in [0.717, 1.165) is 30.8 Å². The summed E-state index contributed by atoms with van der Waals surface area (Å²) < 4.78 is 0. The van der Waals surface area contributed by atoms with E-state index < -0.39 is 5.91 Å². The molecule has 0 aromatic heterocycles. The Morgan fingerprint density at radius 3 is 2.86 bits per heavy atom. The summed E-state index contributed by atoms with van der Waals surface area (Å²) in [6, 6.07) is 5.06. The average Bonchev–Trinajstić information content (AvgIpc) is 2.48. The minimum Gasteiger partial charge on any atom is -0.366 e. The van der Waals surface area contributed by atoms with Crippen molar-refractivity contribution in [2.24, 2.45) is 11.7 Å². The fourth-order valence-electron chi connectivity index (χ4n) is 2.68. The van der Waals surface area contributed by atoms with Gasteiger partial charge in [0.2, 0.25) is 11.8 Å². The molecule has 1 aliphatic rings. The molecule has 21 heavy (non-hydrogen) atoms. The van der Waals surface area contributed by atoms with Gasteiger partial charge in [-0.25, -0.2) is 0 Å². The zero-order valence-electron chi connectivity index (χ0n) is 12.4. The van der Waals surface area contributed by atoms with Gasteiger partial charge >= 0.3 is 0 Å². The molecule has 0 radical (unpaired) electrons. The standard InChI is InChI=1S/C16H23N3O2/c1-11-9-13(16(17)21)5-6-14(11)19-15(20)7-4-12-3-2-8-18-10-12/h5-6,9,12,18H,2-4,7-8,10H2,1H3,(H2,17,21)(H,19,20). The van der Waals surface area contributed by atoms with Crippen LogP contribution in [0.2, 0.25) is 0 Å². The van der Waals surface area contributed by atoms with Crippen molar-refractivity contribution in [3.8, 4) is 0 Å². The molecule has 0 saturated carbocycles. The Morgan fingerprint density at radius 1 is 1.43 bits per heavy atom. The van der Waals surface area contributed by atoms with Crippen LogP contribution in [0, 0.1) is 12.8 Å². The molecule has 1 aromatic carbocycles. The molecule has 0 aliphatic carbocycles. The van der Waals surface area contributed by atoms with Crippen LogP contribution in [0.25, 0.3) is 0 Å². The average molecular weight is 289 g/mol. The molecular formula is C16H23N3O2. The highest BCUT2D eigenvalue weighted by Crippen LogP contribution is 2.19. The molecular weight excluding hydrogens is 266 g/mol. The van der Waals surface area contributed by atoms with Gasteiger partial charge in [0.1, 0.15) is 0 Å². The minimum atomic E-state index is -0.458. The molecule has 1 aliphatic heterocycles. The lowest BCUT2D eigenvalue weighted by molar-refractivity contribution is -0.116. The van der Waals surface area contributed by atoms with Crippen molar-refractivity contribution in [2.45, 2.75) is 32.6 Å². The Bertz CT molecular complexity index is 522. The van der Waals surface area contributed by atoms with Gasteiger partial charge in [-0.15, -0.1) is 0 Å². The van der Waals surface area contributed by atoms with Crippen molar-refractivity contribution in [2.75, 3.05) is 18.4 Å². The van der Waals surface area contributed by atoms with E-state index in [0.29, 0.717) is 17.9 Å². The first-order valence-electron chi connectivity index (χ1n) is 7.47. The molecule has 1 saturated heterocycles. The number of nitrogens with one attached hydrogen (secondary N) is 2. The maximum Gasteiger partial charge on any atom is 0.248 e. The van der Waals surface area contributed by atoms with Crippen LogP contribution in [0.1, 0.15) is 41.6 Å². The molecule has 1 aromatic rings. The number of nitrogens with two attached hydrogens (primary N) is 1. The van der Waals surface area contributed by atoms with E-state index in [2.05, 4.69) is 10.6 Å². The van der Waals surface area contributed by atoms with E-state index >= 15 is 0 Å². The Balaban J connectivity index is 1.85. The van der Waals surface area contributed by atoms with Crippen molar-refractivity contribution in [1.29, 1.82) is 0 Å². The molecule has 4 N–H and O–H groups in total. The van der Waals surface area contributed by atoms with Crippen LogP contribution in [0.15, 0.2) is 18.2 Å². The van der Waals surface area contributed by atoms with E-state index in [1.54, 1.807) is 18.2 Å². The topological polar surface area (TPSA) is 84.2 Å². The number of amides is 2. The van der Waals surface area contributed by atoms with Crippen molar-refractivity contribution in [1.82, 2.24) is 5.32 Å². The quantitative estimate of drug-likeness (QED) is 0.773. The Morgan fingerprint density at radius 2 is 2.24 bits per heavy atom. The number of piperidine rings is 1. The molecule has 0 spiro atoms. The van der Waals surface area contributed by atoms with E-state index in [4.69, 9.17) is 5.73 Å². The highest BCUT2D eigenvalue weighted by Gasteiger charge is 2.15. The Hall–Kier alpha value is -1.88. The van der Waals surface area contributed by atoms with Gasteiger partial charge < -0.3 is 16.4 Å². The Kier molecular flexibility index (Phi) is 5.33. The van der Waals surface area contributed by atoms with E-state index in [9.17, 15) is 9.59 Å². The highest BCUT2D eigenvalue weighted by atomic mass is 16.2. The molecule has 2 amide bonds. The van der Waals surface area contributed by atoms with Gasteiger partial charge in [-0.3, -0.25) is 9.59 Å². The summed E-state index contributed by atoms with van der Waals surface area (Å²) in [6.07, 6.45) is 3.84. The minimum absolute atomic E-state index is 0.0236. The lowest BCUT2D eigenvalue weighted by atomic mass is 9.94. The number of rotatable bonds is 5. The van der Waals surface area contributed by atoms with Crippen LogP contribution in [0.5, 0.6) is 0 Å². The first kappa shape index (κ1) is 15.5. The summed E-state index contributed by atoms with van der Waals surface area (Å²) in [5.41, 5.74) is 7.28. The summed E-state index contributed by atoms with van der Waals surface area (Å²) in [5, 5.41) is 6.26. The van der Waals surface area contributed by atoms with Gasteiger partial charge in [0.15, 0.2) is 0 Å².